The van der Waals surface area contributed by atoms with Crippen molar-refractivity contribution < 1.29 is 25.8 Å². The van der Waals surface area contributed by atoms with Gasteiger partial charge in [0.2, 0.25) is 0 Å². The van der Waals surface area contributed by atoms with Crippen LogP contribution < -0.4 is 0 Å². The standard InChI is InChI=1S/C10H14.C10H20.4CH3.Hf/c1-8-6-7-9-4-2-3-5-10(8)9;1-6-7(2)9(4)10(5)8(6)3;;;;;/h2-5,8-10H,6-7H2,1H3;6-10H,1-5H3;4*1H3;/q;;4*-1;+4. The van der Waals surface area contributed by atoms with Gasteiger partial charge in [0.1, 0.15) is 0 Å². The summed E-state index contributed by atoms with van der Waals surface area (Å²) in [6.45, 7) is 14.4. The van der Waals surface area contributed by atoms with Gasteiger partial charge in [-0.3, -0.25) is 0 Å². The van der Waals surface area contributed by atoms with Gasteiger partial charge in [-0.25, -0.2) is 0 Å². The minimum absolute atomic E-state index is 0. The Kier molecular flexibility index (Phi) is 19.0. The molecule has 0 aromatic carbocycles. The van der Waals surface area contributed by atoms with Crippen molar-refractivity contribution in [2.75, 3.05) is 0 Å². The second-order valence-electron chi connectivity index (χ2n) is 7.86. The second kappa shape index (κ2) is 14.4. The SMILES string of the molecule is CC1C(C)C(C)C(C)C1C.CC1CCC2C=CC=CC12.[CH3-].[CH3-].[CH3-].[CH3-].[Hf+4]. The molecule has 3 rings (SSSR count). The molecule has 146 valence electrons. The molecule has 25 heavy (non-hydrogen) atoms. The normalized spacial score (nSPS) is 39.8. The van der Waals surface area contributed by atoms with Crippen LogP contribution in [0.1, 0.15) is 54.4 Å². The molecule has 0 nitrogen and oxygen atoms in total. The van der Waals surface area contributed by atoms with Gasteiger partial charge < -0.3 is 29.7 Å². The molecule has 3 aliphatic rings. The third-order valence-electron chi connectivity index (χ3n) is 7.06. The fraction of sp³-hybridized carbons (Fsp3) is 0.667. The van der Waals surface area contributed by atoms with Crippen LogP contribution in [0.3, 0.4) is 0 Å². The summed E-state index contributed by atoms with van der Waals surface area (Å²) in [5.41, 5.74) is 0. The predicted molar refractivity (Wildman–Crippen MR) is 115 cm³/mol. The summed E-state index contributed by atoms with van der Waals surface area (Å²) in [6, 6.07) is 0. The van der Waals surface area contributed by atoms with Gasteiger partial charge >= 0.3 is 25.8 Å². The smallest absolute Gasteiger partial charge is 0.358 e. The van der Waals surface area contributed by atoms with Gasteiger partial charge in [0.05, 0.1) is 0 Å². The molecule has 0 radical (unpaired) electrons. The van der Waals surface area contributed by atoms with E-state index >= 15 is 0 Å². The molecule has 3 unspecified atom stereocenters. The quantitative estimate of drug-likeness (QED) is 0.230. The molecule has 0 aromatic heterocycles. The first kappa shape index (κ1) is 33.0. The summed E-state index contributed by atoms with van der Waals surface area (Å²) in [5.74, 6) is 7.34. The Morgan fingerprint density at radius 2 is 0.920 bits per heavy atom. The molecule has 3 atom stereocenters. The van der Waals surface area contributed by atoms with Gasteiger partial charge in [-0.15, -0.1) is 0 Å². The van der Waals surface area contributed by atoms with Crippen LogP contribution in [-0.2, 0) is 25.8 Å². The van der Waals surface area contributed by atoms with Crippen LogP contribution in [0.2, 0.25) is 0 Å². The van der Waals surface area contributed by atoms with Crippen LogP contribution in [0.5, 0.6) is 0 Å². The number of hydrogen-bond acceptors (Lipinski definition) is 0. The van der Waals surface area contributed by atoms with Crippen LogP contribution in [0, 0.1) is 77.0 Å². The molecule has 0 amide bonds. The molecular formula is C24H46Hf. The van der Waals surface area contributed by atoms with E-state index in [0.717, 1.165) is 47.3 Å². The maximum Gasteiger partial charge on any atom is 4.00 e. The van der Waals surface area contributed by atoms with Gasteiger partial charge in [-0.1, -0.05) is 65.8 Å². The molecule has 1 heteroatoms. The number of fused-ring (bicyclic) bond motifs is 1. The Morgan fingerprint density at radius 1 is 0.560 bits per heavy atom. The van der Waals surface area contributed by atoms with E-state index in [4.69, 9.17) is 0 Å². The van der Waals surface area contributed by atoms with Gasteiger partial charge in [0.25, 0.3) is 0 Å². The molecule has 2 saturated carbocycles. The van der Waals surface area contributed by atoms with Crippen molar-refractivity contribution in [3.05, 3.63) is 54.0 Å². The summed E-state index contributed by atoms with van der Waals surface area (Å²) in [6.07, 6.45) is 12.0. The zero-order valence-corrected chi connectivity index (χ0v) is 22.4. The van der Waals surface area contributed by atoms with Crippen molar-refractivity contribution in [1.29, 1.82) is 0 Å². The molecule has 3 aliphatic carbocycles. The zero-order chi connectivity index (χ0) is 14.9. The maximum absolute atomic E-state index is 2.40. The third-order valence-corrected chi connectivity index (χ3v) is 7.06. The number of hydrogen-bond donors (Lipinski definition) is 0. The second-order valence-corrected chi connectivity index (χ2v) is 7.86. The first-order valence-electron chi connectivity index (χ1n) is 8.78. The van der Waals surface area contributed by atoms with E-state index in [-0.39, 0.29) is 55.5 Å². The largest absolute Gasteiger partial charge is 4.00 e. The van der Waals surface area contributed by atoms with Crippen molar-refractivity contribution in [3.8, 4) is 0 Å². The van der Waals surface area contributed by atoms with Gasteiger partial charge in [-0.2, -0.15) is 0 Å². The van der Waals surface area contributed by atoms with E-state index in [1.54, 1.807) is 0 Å². The Balaban J connectivity index is -0.000000147. The van der Waals surface area contributed by atoms with Crippen LogP contribution >= 0.6 is 0 Å². The molecular weight excluding hydrogens is 467 g/mol. The van der Waals surface area contributed by atoms with E-state index in [2.05, 4.69) is 65.8 Å². The first-order chi connectivity index (χ1) is 9.43. The topological polar surface area (TPSA) is 0 Å². The van der Waals surface area contributed by atoms with E-state index < -0.39 is 0 Å². The average molecular weight is 513 g/mol. The van der Waals surface area contributed by atoms with Crippen LogP contribution in [0.4, 0.5) is 0 Å². The van der Waals surface area contributed by atoms with Gasteiger partial charge in [0, 0.05) is 0 Å². The molecule has 0 aliphatic heterocycles. The first-order valence-corrected chi connectivity index (χ1v) is 8.78. The molecule has 0 heterocycles. The van der Waals surface area contributed by atoms with Crippen molar-refractivity contribution in [1.82, 2.24) is 0 Å². The summed E-state index contributed by atoms with van der Waals surface area (Å²) < 4.78 is 0. The fourth-order valence-electron chi connectivity index (χ4n) is 4.61. The summed E-state index contributed by atoms with van der Waals surface area (Å²) in [4.78, 5) is 0. The molecule has 0 aromatic rings. The molecule has 0 bridgehead atoms. The van der Waals surface area contributed by atoms with E-state index in [1.807, 2.05) is 0 Å². The monoisotopic (exact) mass is 514 g/mol. The summed E-state index contributed by atoms with van der Waals surface area (Å²) in [5, 5.41) is 0. The Morgan fingerprint density at radius 3 is 1.28 bits per heavy atom. The van der Waals surface area contributed by atoms with Gasteiger partial charge in [0.15, 0.2) is 0 Å². The Labute approximate surface area is 181 Å². The minimum Gasteiger partial charge on any atom is -0.358 e. The van der Waals surface area contributed by atoms with Crippen LogP contribution in [-0.4, -0.2) is 0 Å². The minimum atomic E-state index is 0. The van der Waals surface area contributed by atoms with E-state index in [1.165, 1.54) is 12.8 Å². The maximum atomic E-state index is 2.40. The summed E-state index contributed by atoms with van der Waals surface area (Å²) >= 11 is 0. The van der Waals surface area contributed by atoms with Crippen molar-refractivity contribution in [2.24, 2.45) is 47.3 Å². The molecule has 0 saturated heterocycles. The number of allylic oxidation sites excluding steroid dienone is 4. The fourth-order valence-corrected chi connectivity index (χ4v) is 4.61. The Hall–Kier alpha value is 0.350. The van der Waals surface area contributed by atoms with E-state index in [9.17, 15) is 0 Å². The van der Waals surface area contributed by atoms with E-state index in [0.29, 0.717) is 0 Å². The zero-order valence-electron chi connectivity index (χ0n) is 18.8. The Bertz CT molecular complexity index is 325. The third kappa shape index (κ3) is 7.47. The van der Waals surface area contributed by atoms with Crippen molar-refractivity contribution in [3.63, 3.8) is 0 Å². The summed E-state index contributed by atoms with van der Waals surface area (Å²) in [7, 11) is 0. The van der Waals surface area contributed by atoms with Gasteiger partial charge in [-0.05, 0) is 60.2 Å². The molecule has 2 fully saturated rings. The van der Waals surface area contributed by atoms with Crippen molar-refractivity contribution in [2.45, 2.75) is 54.4 Å². The number of rotatable bonds is 0. The molecule has 0 N–H and O–H groups in total. The van der Waals surface area contributed by atoms with Crippen LogP contribution in [0.25, 0.3) is 0 Å². The van der Waals surface area contributed by atoms with Crippen LogP contribution in [0.15, 0.2) is 24.3 Å². The van der Waals surface area contributed by atoms with Crippen molar-refractivity contribution >= 4 is 0 Å². The predicted octanol–water partition coefficient (Wildman–Crippen LogP) is 7.75. The molecule has 0 spiro atoms. The average Bonchev–Trinajstić information content (AvgIpc) is 2.92.